The largest absolute Gasteiger partial charge is 0.497 e. The Bertz CT molecular complexity index is 3950. The van der Waals surface area contributed by atoms with Crippen LogP contribution < -0.4 is 65.0 Å². The molecule has 4 aromatic carbocycles. The van der Waals surface area contributed by atoms with Gasteiger partial charge in [-0.2, -0.15) is 21.8 Å². The second kappa shape index (κ2) is 43.1. The van der Waals surface area contributed by atoms with E-state index in [0.29, 0.717) is 55.5 Å². The first-order valence-corrected chi connectivity index (χ1v) is 40.2. The monoisotopic (exact) mass is 1570 g/mol. The summed E-state index contributed by atoms with van der Waals surface area (Å²) in [7, 11) is -16.3. The van der Waals surface area contributed by atoms with Gasteiger partial charge in [-0.3, -0.25) is 14.8 Å². The summed E-state index contributed by atoms with van der Waals surface area (Å²) in [5, 5.41) is 15.7. The molecule has 1 unspecified atom stereocenters. The first-order chi connectivity index (χ1) is 47.1. The van der Waals surface area contributed by atoms with Crippen molar-refractivity contribution in [2.24, 2.45) is 5.73 Å². The van der Waals surface area contributed by atoms with Gasteiger partial charge in [0.15, 0.2) is 6.17 Å². The minimum Gasteiger partial charge on any atom is -0.497 e. The second-order valence-corrected chi connectivity index (χ2v) is 34.0. The van der Waals surface area contributed by atoms with E-state index in [0.717, 1.165) is 27.5 Å². The second-order valence-electron chi connectivity index (χ2n) is 23.1. The number of nitrogens with two attached hydrogens (primary N) is 1. The van der Waals surface area contributed by atoms with E-state index in [9.17, 15) is 82.9 Å². The minimum absolute atomic E-state index is 0.00706. The molecular weight excluding hydrogens is 1480 g/mol. The molecule has 580 valence electrons. The maximum Gasteiger partial charge on any atom is 0.471 e. The number of nitrogens with one attached hydrogen (secondary N) is 8. The van der Waals surface area contributed by atoms with E-state index in [2.05, 4.69) is 29.5 Å². The Balaban J connectivity index is 0.000000648. The minimum atomic E-state index is -4.94. The zero-order valence-electron chi connectivity index (χ0n) is 58.4. The molecule has 0 bridgehead atoms. The van der Waals surface area contributed by atoms with Gasteiger partial charge in [0, 0.05) is 58.9 Å². The molecule has 11 N–H and O–H groups in total. The maximum atomic E-state index is 12.9. The number of alkyl carbamates (subject to hydrolysis) is 2. The fourth-order valence-corrected chi connectivity index (χ4v) is 14.1. The van der Waals surface area contributed by atoms with Crippen molar-refractivity contribution >= 4 is 84.1 Å². The molecule has 43 heteroatoms. The van der Waals surface area contributed by atoms with Crippen molar-refractivity contribution in [3.63, 3.8) is 0 Å². The topological polar surface area (TPSA) is 477 Å². The van der Waals surface area contributed by atoms with E-state index < -0.39 is 102 Å². The smallest absolute Gasteiger partial charge is 0.471 e. The number of carbonyl (C=O) groups excluding carboxylic acids is 4. The first-order valence-electron chi connectivity index (χ1n) is 30.5. The lowest BCUT2D eigenvalue weighted by molar-refractivity contribution is -0.173. The highest BCUT2D eigenvalue weighted by Gasteiger charge is 2.46. The van der Waals surface area contributed by atoms with Gasteiger partial charge >= 0.3 is 24.3 Å². The lowest BCUT2D eigenvalue weighted by Crippen LogP contribution is -2.62. The number of carbonyl (C=O) groups is 4. The predicted octanol–water partition coefficient (Wildman–Crippen LogP) is 2.89. The number of sulfonamides is 6. The molecule has 0 aromatic heterocycles. The molecule has 0 spiro atoms. The van der Waals surface area contributed by atoms with Crippen molar-refractivity contribution in [3.05, 3.63) is 97.1 Å². The van der Waals surface area contributed by atoms with Crippen molar-refractivity contribution in [2.45, 2.75) is 117 Å². The normalized spacial score (nSPS) is 13.9. The lowest BCUT2D eigenvalue weighted by Gasteiger charge is -2.39. The summed E-state index contributed by atoms with van der Waals surface area (Å²) in [5.74, 6) is -1.10. The molecule has 0 saturated carbocycles. The van der Waals surface area contributed by atoms with Gasteiger partial charge in [-0.1, -0.05) is 0 Å². The van der Waals surface area contributed by atoms with E-state index in [1.165, 1.54) is 107 Å². The molecule has 1 saturated heterocycles. The molecule has 4 aromatic rings. The van der Waals surface area contributed by atoms with Crippen LogP contribution in [-0.4, -0.2) is 218 Å². The molecular formula is C59H94F3N11O23S6. The molecule has 0 aliphatic carbocycles. The predicted molar refractivity (Wildman–Crippen MR) is 369 cm³/mol. The third-order valence-corrected chi connectivity index (χ3v) is 20.7. The van der Waals surface area contributed by atoms with Gasteiger partial charge in [0.25, 0.3) is 5.91 Å². The number of alkyl halides is 3. The molecule has 0 radical (unpaired) electrons. The zero-order valence-corrected chi connectivity index (χ0v) is 63.3. The number of hydrogen-bond donors (Lipinski definition) is 10. The summed E-state index contributed by atoms with van der Waals surface area (Å²) in [6.07, 6.45) is -3.80. The summed E-state index contributed by atoms with van der Waals surface area (Å²) >= 11 is 0. The van der Waals surface area contributed by atoms with Crippen molar-refractivity contribution in [1.82, 2.24) is 48.9 Å². The number of hydrogen-bond acceptors (Lipinski definition) is 24. The Labute approximate surface area is 595 Å². The molecule has 5 rings (SSSR count). The Kier molecular flexibility index (Phi) is 39.2. The van der Waals surface area contributed by atoms with E-state index in [-0.39, 0.29) is 84.3 Å². The number of benzene rings is 4. The summed E-state index contributed by atoms with van der Waals surface area (Å²) in [5.41, 5.74) is 5.61. The highest BCUT2D eigenvalue weighted by molar-refractivity contribution is 7.90. The van der Waals surface area contributed by atoms with Gasteiger partial charge in [0.2, 0.25) is 60.1 Å². The fourth-order valence-electron chi connectivity index (χ4n) is 7.64. The Morgan fingerprint density at radius 3 is 1.07 bits per heavy atom. The number of amides is 4. The Hall–Kier alpha value is -7.27. The average Bonchev–Trinajstić information content (AvgIpc) is 0.761. The van der Waals surface area contributed by atoms with Gasteiger partial charge in [-0.05, 0) is 177 Å². The summed E-state index contributed by atoms with van der Waals surface area (Å²) in [6, 6.07) is 23.2. The molecule has 34 nitrogen and oxygen atoms in total. The van der Waals surface area contributed by atoms with E-state index in [1.807, 2.05) is 20.8 Å². The van der Waals surface area contributed by atoms with Crippen LogP contribution in [0.5, 0.6) is 23.0 Å². The Morgan fingerprint density at radius 1 is 0.471 bits per heavy atom. The van der Waals surface area contributed by atoms with Crippen LogP contribution in [0.25, 0.3) is 0 Å². The molecule has 1 aliphatic heterocycles. The lowest BCUT2D eigenvalue weighted by atomic mass is 10.2. The van der Waals surface area contributed by atoms with Crippen LogP contribution in [0, 0.1) is 0 Å². The molecule has 102 heavy (non-hydrogen) atoms. The van der Waals surface area contributed by atoms with Crippen LogP contribution in [0.3, 0.4) is 0 Å². The van der Waals surface area contributed by atoms with Crippen molar-refractivity contribution in [3.8, 4) is 23.0 Å². The number of methoxy groups -OCH3 is 4. The number of hydroxylamine groups is 1. The van der Waals surface area contributed by atoms with Crippen LogP contribution in [0.2, 0.25) is 0 Å². The Morgan fingerprint density at radius 2 is 0.775 bits per heavy atom. The highest BCUT2D eigenvalue weighted by atomic mass is 32.2. The number of nitrogens with zero attached hydrogens (tertiary/aromatic N) is 2. The van der Waals surface area contributed by atoms with E-state index in [1.54, 1.807) is 50.4 Å². The van der Waals surface area contributed by atoms with Crippen LogP contribution in [0.15, 0.2) is 117 Å². The van der Waals surface area contributed by atoms with Gasteiger partial charge < -0.3 is 50.1 Å². The summed E-state index contributed by atoms with van der Waals surface area (Å²) in [6.45, 7) is 12.3. The summed E-state index contributed by atoms with van der Waals surface area (Å²) < 4.78 is 219. The molecule has 1 aliphatic rings. The first kappa shape index (κ1) is 92.7. The molecule has 1 heterocycles. The average molecular weight is 1570 g/mol. The zero-order chi connectivity index (χ0) is 78.0. The van der Waals surface area contributed by atoms with E-state index in [4.69, 9.17) is 39.4 Å². The molecule has 1 atom stereocenters. The van der Waals surface area contributed by atoms with Gasteiger partial charge in [-0.15, -0.1) is 0 Å². The summed E-state index contributed by atoms with van der Waals surface area (Å²) in [4.78, 5) is 45.1. The number of halogens is 3. The molecule has 1 fully saturated rings. The number of ether oxygens (including phenoxy) is 6. The third-order valence-electron chi connectivity index (χ3n) is 12.4. The molecule has 4 amide bonds. The number of rotatable bonds is 30. The van der Waals surface area contributed by atoms with E-state index >= 15 is 0 Å². The van der Waals surface area contributed by atoms with Crippen molar-refractivity contribution < 1.29 is 116 Å². The van der Waals surface area contributed by atoms with Crippen LogP contribution in [-0.2, 0) is 79.2 Å². The van der Waals surface area contributed by atoms with Gasteiger partial charge in [-0.25, -0.2) is 84.5 Å². The van der Waals surface area contributed by atoms with Gasteiger partial charge in [0.05, 0.1) is 60.5 Å². The van der Waals surface area contributed by atoms with Crippen LogP contribution >= 0.6 is 0 Å². The maximum absolute atomic E-state index is 12.9. The highest BCUT2D eigenvalue weighted by Crippen LogP contribution is 2.28. The van der Waals surface area contributed by atoms with Crippen LogP contribution in [0.1, 0.15) is 73.6 Å². The standard InChI is InChI=1S/C15H24N2O5S.C13H19N3O7S2.C12H15F3N2O4S.C11H18N2O5S2.C8H18N2O2/c1-15(2,3)22-14(18)16-10-5-11-17-23(19,20)13-8-6-12(21-4)7-9-13;1-23-10-4-6-11(7-5-10)25(21,22)16-9-3-8-15(24(2,19)20)13(16)12(17)14-18;1-21-9-3-5-10(6-4-9)22(19,20)17-8-2-7-16-11(18)12(13,14)15;1-18-10-4-6-11(7-5-10)20(16,17)13-9-3-8-12-19(2,14)15;1-8(2,3)12-7(11)10-6-4-5-9/h6-9,17H,5,10-11H2,1-4H3,(H,16,18);4-7,13,18H,3,8-9H2,1-2H3,(H,14,17);3-6,17H,2,7-8H2,1H3,(H,16,18);4-7,12-13H,3,8-9H2,1-2H3;4-6,9H2,1-3H3,(H,10,11). The fraction of sp³-hybridized carbons (Fsp3) is 0.525. The van der Waals surface area contributed by atoms with Crippen LogP contribution in [0.4, 0.5) is 22.8 Å². The third kappa shape index (κ3) is 36.7. The SMILES string of the molecule is CC(C)(C)OC(=O)NCCCN.COc1ccc(S(=O)(=O)N2CCCN(S(C)(=O)=O)C2C(=O)NO)cc1.COc1ccc(S(=O)(=O)NCCCNC(=O)C(F)(F)F)cc1.COc1ccc(S(=O)(=O)NCCCNC(=O)OC(C)(C)C)cc1.COc1ccc(S(=O)(=O)NCCCNS(C)(=O)=O)cc1. The van der Waals surface area contributed by atoms with Crippen molar-refractivity contribution in [1.29, 1.82) is 0 Å². The quantitative estimate of drug-likeness (QED) is 0.0204. The van der Waals surface area contributed by atoms with Gasteiger partial charge in [0.1, 0.15) is 34.2 Å². The van der Waals surface area contributed by atoms with Crippen molar-refractivity contribution in [2.75, 3.05) is 106 Å².